The van der Waals surface area contributed by atoms with Crippen molar-refractivity contribution in [3.63, 3.8) is 0 Å². The molecule has 1 aliphatic carbocycles. The van der Waals surface area contributed by atoms with E-state index in [4.69, 9.17) is 9.84 Å². The average molecular weight is 326 g/mol. The van der Waals surface area contributed by atoms with Gasteiger partial charge in [0.05, 0.1) is 0 Å². The van der Waals surface area contributed by atoms with E-state index >= 15 is 0 Å². The molecule has 0 saturated carbocycles. The molecule has 0 aliphatic heterocycles. The molecule has 6 heteroatoms. The minimum Gasteiger partial charge on any atom is -0.465 e. The second kappa shape index (κ2) is 7.04. The molecule has 1 aliphatic rings. The Hall–Kier alpha value is -3.02. The Morgan fingerprint density at radius 1 is 0.917 bits per heavy atom. The minimum absolute atomic E-state index is 0.0142. The number of carbonyl (C=O) groups excluding carboxylic acids is 1. The van der Waals surface area contributed by atoms with Crippen LogP contribution < -0.4 is 10.6 Å². The third kappa shape index (κ3) is 3.32. The molecular formula is C18H18N2O4. The van der Waals surface area contributed by atoms with Crippen LogP contribution in [0.2, 0.25) is 0 Å². The van der Waals surface area contributed by atoms with Gasteiger partial charge >= 0.3 is 12.2 Å². The van der Waals surface area contributed by atoms with E-state index in [1.807, 2.05) is 24.3 Å². The van der Waals surface area contributed by atoms with E-state index in [9.17, 15) is 9.59 Å². The maximum atomic E-state index is 11.8. The first-order valence-corrected chi connectivity index (χ1v) is 7.72. The lowest BCUT2D eigenvalue weighted by molar-refractivity contribution is 0.142. The number of carboxylic acid groups (broad SMARTS) is 1. The van der Waals surface area contributed by atoms with Crippen molar-refractivity contribution in [1.29, 1.82) is 0 Å². The first kappa shape index (κ1) is 15.9. The smallest absolute Gasteiger partial charge is 0.407 e. The molecule has 0 radical (unpaired) electrons. The number of nitrogens with one attached hydrogen (secondary N) is 2. The van der Waals surface area contributed by atoms with Gasteiger partial charge in [0.25, 0.3) is 0 Å². The molecule has 0 bridgehead atoms. The lowest BCUT2D eigenvalue weighted by Gasteiger charge is -2.14. The van der Waals surface area contributed by atoms with Gasteiger partial charge in [0.15, 0.2) is 0 Å². The molecule has 6 nitrogen and oxygen atoms in total. The van der Waals surface area contributed by atoms with Crippen LogP contribution in [0.1, 0.15) is 17.0 Å². The predicted octanol–water partition coefficient (Wildman–Crippen LogP) is 2.79. The maximum Gasteiger partial charge on any atom is 0.407 e. The fraction of sp³-hybridized carbons (Fsp3) is 0.222. The molecule has 24 heavy (non-hydrogen) atoms. The van der Waals surface area contributed by atoms with Crippen LogP contribution in [0.25, 0.3) is 11.1 Å². The highest BCUT2D eigenvalue weighted by Gasteiger charge is 2.28. The second-order valence-corrected chi connectivity index (χ2v) is 5.48. The Kier molecular flexibility index (Phi) is 4.65. The summed E-state index contributed by atoms with van der Waals surface area (Å²) in [6.07, 6.45) is -1.67. The number of fused-ring (bicyclic) bond motifs is 3. The Balaban J connectivity index is 1.61. The Morgan fingerprint density at radius 2 is 1.46 bits per heavy atom. The first-order chi connectivity index (χ1) is 11.7. The number of amides is 2. The lowest BCUT2D eigenvalue weighted by atomic mass is 9.98. The molecule has 3 rings (SSSR count). The average Bonchev–Trinajstić information content (AvgIpc) is 2.91. The Morgan fingerprint density at radius 3 is 2.04 bits per heavy atom. The topological polar surface area (TPSA) is 87.7 Å². The Bertz CT molecular complexity index is 715. The van der Waals surface area contributed by atoms with Gasteiger partial charge < -0.3 is 20.5 Å². The highest BCUT2D eigenvalue weighted by atomic mass is 16.5. The summed E-state index contributed by atoms with van der Waals surface area (Å²) in [5.74, 6) is 0.0142. The maximum absolute atomic E-state index is 11.8. The van der Waals surface area contributed by atoms with E-state index in [0.29, 0.717) is 0 Å². The quantitative estimate of drug-likeness (QED) is 0.737. The van der Waals surface area contributed by atoms with Gasteiger partial charge in [-0.1, -0.05) is 48.5 Å². The van der Waals surface area contributed by atoms with E-state index < -0.39 is 12.2 Å². The number of rotatable bonds is 5. The number of alkyl carbamates (subject to hydrolysis) is 1. The van der Waals surface area contributed by atoms with Gasteiger partial charge in [-0.15, -0.1) is 0 Å². The molecule has 3 N–H and O–H groups in total. The molecule has 0 fully saturated rings. The SMILES string of the molecule is O=C(O)NCCNC(=O)OCC1c2ccccc2-c2ccccc21. The number of benzene rings is 2. The zero-order valence-electron chi connectivity index (χ0n) is 13.0. The minimum atomic E-state index is -1.12. The van der Waals surface area contributed by atoms with E-state index in [-0.39, 0.29) is 25.6 Å². The van der Waals surface area contributed by atoms with Crippen molar-refractivity contribution in [1.82, 2.24) is 10.6 Å². The summed E-state index contributed by atoms with van der Waals surface area (Å²) in [4.78, 5) is 22.1. The fourth-order valence-corrected chi connectivity index (χ4v) is 2.98. The van der Waals surface area contributed by atoms with E-state index in [0.717, 1.165) is 11.1 Å². The van der Waals surface area contributed by atoms with E-state index in [1.54, 1.807) is 0 Å². The fourth-order valence-electron chi connectivity index (χ4n) is 2.98. The second-order valence-electron chi connectivity index (χ2n) is 5.48. The molecule has 0 atom stereocenters. The molecule has 2 aromatic carbocycles. The van der Waals surface area contributed by atoms with Crippen molar-refractivity contribution < 1.29 is 19.4 Å². The number of ether oxygens (including phenoxy) is 1. The van der Waals surface area contributed by atoms with Crippen LogP contribution in [0.5, 0.6) is 0 Å². The van der Waals surface area contributed by atoms with Crippen molar-refractivity contribution >= 4 is 12.2 Å². The Labute approximate surface area is 139 Å². The van der Waals surface area contributed by atoms with Gasteiger partial charge in [-0.2, -0.15) is 0 Å². The first-order valence-electron chi connectivity index (χ1n) is 7.72. The standard InChI is InChI=1S/C18H18N2O4/c21-17(22)19-9-10-20-18(23)24-11-16-14-7-3-1-5-12(14)13-6-2-4-8-15(13)16/h1-8,16,19H,9-11H2,(H,20,23)(H,21,22). The summed E-state index contributed by atoms with van der Waals surface area (Å²) in [6, 6.07) is 16.2. The van der Waals surface area contributed by atoms with Gasteiger partial charge in [-0.25, -0.2) is 9.59 Å². The van der Waals surface area contributed by atoms with Crippen LogP contribution in [0.4, 0.5) is 9.59 Å². The largest absolute Gasteiger partial charge is 0.465 e. The van der Waals surface area contributed by atoms with Gasteiger partial charge in [0.2, 0.25) is 0 Å². The zero-order valence-corrected chi connectivity index (χ0v) is 13.0. The van der Waals surface area contributed by atoms with Gasteiger partial charge in [-0.3, -0.25) is 0 Å². The zero-order chi connectivity index (χ0) is 16.9. The summed E-state index contributed by atoms with van der Waals surface area (Å²) in [5, 5.41) is 13.1. The molecule has 124 valence electrons. The molecule has 0 saturated heterocycles. The van der Waals surface area contributed by atoms with Crippen molar-refractivity contribution in [2.45, 2.75) is 5.92 Å². The highest BCUT2D eigenvalue weighted by Crippen LogP contribution is 2.44. The van der Waals surface area contributed by atoms with Crippen molar-refractivity contribution in [2.24, 2.45) is 0 Å². The molecule has 0 spiro atoms. The normalized spacial score (nSPS) is 12.2. The van der Waals surface area contributed by atoms with Crippen LogP contribution in [0, 0.1) is 0 Å². The van der Waals surface area contributed by atoms with Crippen LogP contribution in [-0.2, 0) is 4.74 Å². The van der Waals surface area contributed by atoms with Gasteiger partial charge in [0.1, 0.15) is 6.61 Å². The third-order valence-corrected chi connectivity index (χ3v) is 4.01. The molecule has 0 unspecified atom stereocenters. The number of carbonyl (C=O) groups is 2. The van der Waals surface area contributed by atoms with Crippen LogP contribution in [-0.4, -0.2) is 37.0 Å². The molecular weight excluding hydrogens is 308 g/mol. The third-order valence-electron chi connectivity index (χ3n) is 4.01. The summed E-state index contributed by atoms with van der Waals surface area (Å²) in [7, 11) is 0. The van der Waals surface area contributed by atoms with Crippen molar-refractivity contribution in [2.75, 3.05) is 19.7 Å². The van der Waals surface area contributed by atoms with Gasteiger partial charge in [-0.05, 0) is 22.3 Å². The van der Waals surface area contributed by atoms with Crippen molar-refractivity contribution in [3.8, 4) is 11.1 Å². The van der Waals surface area contributed by atoms with Crippen LogP contribution in [0.3, 0.4) is 0 Å². The molecule has 2 amide bonds. The summed E-state index contributed by atoms with van der Waals surface area (Å²) >= 11 is 0. The number of hydrogen-bond acceptors (Lipinski definition) is 3. The number of hydrogen-bond donors (Lipinski definition) is 3. The van der Waals surface area contributed by atoms with E-state index in [1.165, 1.54) is 11.1 Å². The summed E-state index contributed by atoms with van der Waals surface area (Å²) in [5.41, 5.74) is 4.65. The summed E-state index contributed by atoms with van der Waals surface area (Å²) in [6.45, 7) is 0.564. The molecule has 0 heterocycles. The molecule has 2 aromatic rings. The predicted molar refractivity (Wildman–Crippen MR) is 89.1 cm³/mol. The highest BCUT2D eigenvalue weighted by molar-refractivity contribution is 5.79. The molecule has 0 aromatic heterocycles. The monoisotopic (exact) mass is 326 g/mol. The van der Waals surface area contributed by atoms with Crippen LogP contribution in [0.15, 0.2) is 48.5 Å². The lowest BCUT2D eigenvalue weighted by Crippen LogP contribution is -2.34. The van der Waals surface area contributed by atoms with Crippen LogP contribution >= 0.6 is 0 Å². The van der Waals surface area contributed by atoms with Gasteiger partial charge in [0, 0.05) is 19.0 Å². The van der Waals surface area contributed by atoms with Crippen molar-refractivity contribution in [3.05, 3.63) is 59.7 Å². The summed E-state index contributed by atoms with van der Waals surface area (Å²) < 4.78 is 5.32. The van der Waals surface area contributed by atoms with E-state index in [2.05, 4.69) is 34.9 Å².